The van der Waals surface area contributed by atoms with Crippen molar-refractivity contribution < 1.29 is 9.53 Å². The maximum atomic E-state index is 11.7. The zero-order valence-corrected chi connectivity index (χ0v) is 15.4. The van der Waals surface area contributed by atoms with Crippen molar-refractivity contribution >= 4 is 5.97 Å². The van der Waals surface area contributed by atoms with Gasteiger partial charge in [-0.3, -0.25) is 4.79 Å². The fourth-order valence-electron chi connectivity index (χ4n) is 2.77. The number of hydrogen-bond donors (Lipinski definition) is 0. The van der Waals surface area contributed by atoms with Gasteiger partial charge in [-0.05, 0) is 28.2 Å². The minimum Gasteiger partial charge on any atom is -0.464 e. The lowest BCUT2D eigenvalue weighted by atomic mass is 9.98. The van der Waals surface area contributed by atoms with E-state index >= 15 is 0 Å². The van der Waals surface area contributed by atoms with Gasteiger partial charge in [0.1, 0.15) is 6.61 Å². The van der Waals surface area contributed by atoms with Crippen molar-refractivity contribution in [2.45, 2.75) is 40.5 Å². The van der Waals surface area contributed by atoms with E-state index in [-0.39, 0.29) is 17.8 Å². The van der Waals surface area contributed by atoms with Gasteiger partial charge < -0.3 is 4.74 Å². The van der Waals surface area contributed by atoms with Gasteiger partial charge in [0.2, 0.25) is 0 Å². The molecule has 0 unspecified atom stereocenters. The molecule has 3 rings (SSSR count). The summed E-state index contributed by atoms with van der Waals surface area (Å²) in [4.78, 5) is 11.7. The van der Waals surface area contributed by atoms with Gasteiger partial charge in [0.25, 0.3) is 0 Å². The van der Waals surface area contributed by atoms with Crippen LogP contribution in [0.5, 0.6) is 0 Å². The molecule has 0 atom stereocenters. The molecule has 0 saturated carbocycles. The molecule has 0 fully saturated rings. The van der Waals surface area contributed by atoms with E-state index in [1.54, 1.807) is 0 Å². The topological polar surface area (TPSA) is 26.3 Å². The van der Waals surface area contributed by atoms with E-state index in [1.807, 2.05) is 26.0 Å². The third kappa shape index (κ3) is 4.25. The van der Waals surface area contributed by atoms with Gasteiger partial charge in [-0.25, -0.2) is 0 Å². The Morgan fingerprint density at radius 2 is 1.29 bits per heavy atom. The Kier molecular flexibility index (Phi) is 6.19. The van der Waals surface area contributed by atoms with Crippen molar-refractivity contribution in [3.05, 3.63) is 59.7 Å². The molecule has 0 aliphatic heterocycles. The summed E-state index contributed by atoms with van der Waals surface area (Å²) in [5, 5.41) is 0. The summed E-state index contributed by atoms with van der Waals surface area (Å²) < 4.78 is 5.46. The van der Waals surface area contributed by atoms with Crippen molar-refractivity contribution in [1.82, 2.24) is 0 Å². The molecule has 0 aromatic heterocycles. The van der Waals surface area contributed by atoms with Crippen LogP contribution < -0.4 is 0 Å². The van der Waals surface area contributed by atoms with Crippen LogP contribution in [0.1, 0.15) is 51.7 Å². The van der Waals surface area contributed by atoms with Crippen LogP contribution in [0, 0.1) is 11.8 Å². The Morgan fingerprint density at radius 1 is 0.875 bits per heavy atom. The second-order valence-corrected chi connectivity index (χ2v) is 7.24. The van der Waals surface area contributed by atoms with E-state index in [4.69, 9.17) is 4.74 Å². The Morgan fingerprint density at radius 3 is 1.71 bits per heavy atom. The first-order valence-corrected chi connectivity index (χ1v) is 8.76. The number of esters is 1. The smallest absolute Gasteiger partial charge is 0.308 e. The average molecular weight is 324 g/mol. The molecule has 0 spiro atoms. The molecule has 2 aromatic carbocycles. The molecule has 0 N–H and O–H groups in total. The summed E-state index contributed by atoms with van der Waals surface area (Å²) in [5.74, 6) is 0.777. The number of rotatable bonds is 3. The van der Waals surface area contributed by atoms with Gasteiger partial charge in [0.15, 0.2) is 0 Å². The molecule has 24 heavy (non-hydrogen) atoms. The van der Waals surface area contributed by atoms with Crippen LogP contribution >= 0.6 is 0 Å². The summed E-state index contributed by atoms with van der Waals surface area (Å²) in [5.41, 5.74) is 5.03. The van der Waals surface area contributed by atoms with Crippen LogP contribution in [-0.4, -0.2) is 12.6 Å². The first-order valence-electron chi connectivity index (χ1n) is 8.76. The Labute approximate surface area is 145 Å². The lowest BCUT2D eigenvalue weighted by molar-refractivity contribution is -0.147. The number of carbonyl (C=O) groups excluding carboxylic acids is 1. The molecule has 0 saturated heterocycles. The van der Waals surface area contributed by atoms with Crippen LogP contribution in [-0.2, 0) is 9.53 Å². The third-order valence-electron chi connectivity index (χ3n) is 3.83. The number of fused-ring (bicyclic) bond motifs is 3. The molecular formula is C22H28O2. The predicted octanol–water partition coefficient (Wildman–Crippen LogP) is 5.66. The highest BCUT2D eigenvalue weighted by Crippen LogP contribution is 2.44. The quantitative estimate of drug-likeness (QED) is 0.681. The van der Waals surface area contributed by atoms with Crippen molar-refractivity contribution in [2.75, 3.05) is 6.61 Å². The van der Waals surface area contributed by atoms with Crippen LogP contribution in [0.15, 0.2) is 48.5 Å². The molecular weight excluding hydrogens is 296 g/mol. The summed E-state index contributed by atoms with van der Waals surface area (Å²) >= 11 is 0. The van der Waals surface area contributed by atoms with Gasteiger partial charge >= 0.3 is 5.97 Å². The van der Waals surface area contributed by atoms with E-state index in [0.29, 0.717) is 6.61 Å². The zero-order chi connectivity index (χ0) is 17.7. The van der Waals surface area contributed by atoms with E-state index in [2.05, 4.69) is 57.2 Å². The maximum absolute atomic E-state index is 11.7. The summed E-state index contributed by atoms with van der Waals surface area (Å²) in [6.45, 7) is 10.6. The molecule has 0 radical (unpaired) electrons. The second-order valence-electron chi connectivity index (χ2n) is 7.24. The SMILES string of the molecule is CC(C)C.CC(C)C(=O)OCC1c2ccccc2-c2ccccc21. The van der Waals surface area contributed by atoms with Crippen LogP contribution in [0.3, 0.4) is 0 Å². The zero-order valence-electron chi connectivity index (χ0n) is 15.4. The number of ether oxygens (including phenoxy) is 1. The molecule has 0 heterocycles. The number of hydrogen-bond acceptors (Lipinski definition) is 2. The van der Waals surface area contributed by atoms with E-state index in [0.717, 1.165) is 5.92 Å². The largest absolute Gasteiger partial charge is 0.464 e. The first-order chi connectivity index (χ1) is 11.4. The fourth-order valence-corrected chi connectivity index (χ4v) is 2.77. The highest BCUT2D eigenvalue weighted by atomic mass is 16.5. The fraction of sp³-hybridized carbons (Fsp3) is 0.409. The molecule has 0 bridgehead atoms. The van der Waals surface area contributed by atoms with E-state index < -0.39 is 0 Å². The monoisotopic (exact) mass is 324 g/mol. The second kappa shape index (κ2) is 8.14. The lowest BCUT2D eigenvalue weighted by Gasteiger charge is -2.15. The van der Waals surface area contributed by atoms with Crippen molar-refractivity contribution in [2.24, 2.45) is 11.8 Å². The standard InChI is InChI=1S/C18H18O2.C4H10/c1-12(2)18(19)20-11-17-15-9-5-3-7-13(15)14-8-4-6-10-16(14)17;1-4(2)3/h3-10,12,17H,11H2,1-2H3;4H,1-3H3. The molecule has 0 amide bonds. The Bertz CT molecular complexity index is 638. The Balaban J connectivity index is 0.000000471. The van der Waals surface area contributed by atoms with Gasteiger partial charge in [-0.15, -0.1) is 0 Å². The number of carbonyl (C=O) groups is 1. The molecule has 2 aromatic rings. The van der Waals surface area contributed by atoms with Crippen molar-refractivity contribution in [3.63, 3.8) is 0 Å². The summed E-state index contributed by atoms with van der Waals surface area (Å²) in [6, 6.07) is 16.7. The highest BCUT2D eigenvalue weighted by molar-refractivity contribution is 5.79. The molecule has 1 aliphatic rings. The third-order valence-corrected chi connectivity index (χ3v) is 3.83. The molecule has 2 nitrogen and oxygen atoms in total. The Hall–Kier alpha value is -2.09. The van der Waals surface area contributed by atoms with Crippen molar-refractivity contribution in [3.8, 4) is 11.1 Å². The number of benzene rings is 2. The summed E-state index contributed by atoms with van der Waals surface area (Å²) in [7, 11) is 0. The molecule has 2 heteroatoms. The molecule has 1 aliphatic carbocycles. The minimum absolute atomic E-state index is 0.0816. The highest BCUT2D eigenvalue weighted by Gasteiger charge is 2.29. The summed E-state index contributed by atoms with van der Waals surface area (Å²) in [6.07, 6.45) is 0. The average Bonchev–Trinajstić information content (AvgIpc) is 2.86. The van der Waals surface area contributed by atoms with E-state index in [1.165, 1.54) is 22.3 Å². The van der Waals surface area contributed by atoms with Crippen LogP contribution in [0.25, 0.3) is 11.1 Å². The van der Waals surface area contributed by atoms with Gasteiger partial charge in [0.05, 0.1) is 5.92 Å². The van der Waals surface area contributed by atoms with Crippen molar-refractivity contribution in [1.29, 1.82) is 0 Å². The predicted molar refractivity (Wildman–Crippen MR) is 100 cm³/mol. The first kappa shape index (κ1) is 18.3. The van der Waals surface area contributed by atoms with Gasteiger partial charge in [0, 0.05) is 5.92 Å². The lowest BCUT2D eigenvalue weighted by Crippen LogP contribution is -2.16. The molecule has 128 valence electrons. The maximum Gasteiger partial charge on any atom is 0.308 e. The minimum atomic E-state index is -0.133. The van der Waals surface area contributed by atoms with E-state index in [9.17, 15) is 4.79 Å². The normalized spacial score (nSPS) is 12.5. The van der Waals surface area contributed by atoms with Crippen LogP contribution in [0.4, 0.5) is 0 Å². The van der Waals surface area contributed by atoms with Crippen LogP contribution in [0.2, 0.25) is 0 Å². The van der Waals surface area contributed by atoms with Gasteiger partial charge in [-0.1, -0.05) is 83.1 Å². The van der Waals surface area contributed by atoms with Gasteiger partial charge in [-0.2, -0.15) is 0 Å².